The fourth-order valence-corrected chi connectivity index (χ4v) is 4.23. The molecule has 1 amide bonds. The molecule has 9 heteroatoms. The molecule has 0 bridgehead atoms. The highest BCUT2D eigenvalue weighted by Gasteiger charge is 2.40. The second-order valence-corrected chi connectivity index (χ2v) is 9.37. The van der Waals surface area contributed by atoms with Gasteiger partial charge in [-0.1, -0.05) is 19.1 Å². The molecular weight excluding hydrogens is 493 g/mol. The van der Waals surface area contributed by atoms with E-state index in [4.69, 9.17) is 9.84 Å². The number of carbonyl (C=O) groups excluding carboxylic acids is 1. The first kappa shape index (κ1) is 26.6. The molecule has 0 aromatic heterocycles. The molecule has 4 rings (SSSR count). The Kier molecular flexibility index (Phi) is 7.54. The van der Waals surface area contributed by atoms with Gasteiger partial charge in [0.05, 0.1) is 11.1 Å². The number of ether oxygens (including phenoxy) is 1. The lowest BCUT2D eigenvalue weighted by atomic mass is 9.97. The predicted molar refractivity (Wildman–Crippen MR) is 129 cm³/mol. The monoisotopic (exact) mass is 519 g/mol. The van der Waals surface area contributed by atoms with Crippen LogP contribution in [0, 0.1) is 12.7 Å². The quantitative estimate of drug-likeness (QED) is 0.298. The zero-order valence-electron chi connectivity index (χ0n) is 20.2. The molecule has 37 heavy (non-hydrogen) atoms. The largest absolute Gasteiger partial charge is 0.456 e. The first-order chi connectivity index (χ1) is 17.4. The van der Waals surface area contributed by atoms with Crippen LogP contribution in [0.1, 0.15) is 70.6 Å². The molecule has 4 nitrogen and oxygen atoms in total. The topological polar surface area (TPSA) is 58.6 Å². The average Bonchev–Trinajstić information content (AvgIpc) is 3.65. The highest BCUT2D eigenvalue weighted by molar-refractivity contribution is 6.06. The van der Waals surface area contributed by atoms with Crippen LogP contribution >= 0.6 is 0 Å². The Bertz CT molecular complexity index is 1300. The fraction of sp³-hybridized carbons (Fsp3) is 0.321. The van der Waals surface area contributed by atoms with Crippen molar-refractivity contribution in [1.82, 2.24) is 0 Å². The van der Waals surface area contributed by atoms with E-state index >= 15 is 0 Å². The van der Waals surface area contributed by atoms with Gasteiger partial charge in [-0.25, -0.2) is 8.78 Å². The zero-order valence-corrected chi connectivity index (χ0v) is 20.2. The highest BCUT2D eigenvalue weighted by Crippen LogP contribution is 2.48. The van der Waals surface area contributed by atoms with Crippen molar-refractivity contribution in [1.29, 1.82) is 0 Å². The first-order valence-corrected chi connectivity index (χ1v) is 11.8. The molecule has 1 saturated carbocycles. The Labute approximate surface area is 211 Å². The number of aliphatic hydroxyl groups is 1. The lowest BCUT2D eigenvalue weighted by Crippen LogP contribution is -2.17. The minimum Gasteiger partial charge on any atom is -0.456 e. The molecule has 2 N–H and O–H groups in total. The van der Waals surface area contributed by atoms with Crippen LogP contribution in [0.4, 0.5) is 27.6 Å². The number of rotatable bonds is 8. The minimum absolute atomic E-state index is 0.0550. The van der Waals surface area contributed by atoms with Crippen LogP contribution in [-0.2, 0) is 6.18 Å². The second-order valence-electron chi connectivity index (χ2n) is 9.37. The van der Waals surface area contributed by atoms with Gasteiger partial charge in [-0.3, -0.25) is 4.79 Å². The van der Waals surface area contributed by atoms with Gasteiger partial charge in [-0.15, -0.1) is 0 Å². The number of hydrogen-bond acceptors (Lipinski definition) is 3. The van der Waals surface area contributed by atoms with Crippen molar-refractivity contribution < 1.29 is 36.6 Å². The Hall–Kier alpha value is -3.46. The molecule has 196 valence electrons. The molecule has 0 spiro atoms. The van der Waals surface area contributed by atoms with E-state index in [1.54, 1.807) is 38.1 Å². The first-order valence-electron chi connectivity index (χ1n) is 11.8. The summed E-state index contributed by atoms with van der Waals surface area (Å²) >= 11 is 0. The lowest BCUT2D eigenvalue weighted by Gasteiger charge is -2.19. The molecule has 1 fully saturated rings. The average molecular weight is 520 g/mol. The van der Waals surface area contributed by atoms with Crippen molar-refractivity contribution in [2.45, 2.75) is 57.5 Å². The van der Waals surface area contributed by atoms with Crippen molar-refractivity contribution in [2.24, 2.45) is 0 Å². The van der Waals surface area contributed by atoms with Gasteiger partial charge in [0.15, 0.2) is 6.36 Å². The van der Waals surface area contributed by atoms with Gasteiger partial charge in [0.25, 0.3) is 5.91 Å². The van der Waals surface area contributed by atoms with Crippen LogP contribution in [-0.4, -0.2) is 17.4 Å². The zero-order chi connectivity index (χ0) is 26.9. The van der Waals surface area contributed by atoms with Crippen LogP contribution in [0.5, 0.6) is 11.5 Å². The van der Waals surface area contributed by atoms with E-state index < -0.39 is 29.8 Å². The molecule has 1 aliphatic carbocycles. The standard InChI is InChI=1S/C28H26F5NO3/c1-15(11-26(30)35)18-4-3-5-20(12-18)34-27(36)22-13-23(28(31,32)33)21(17-6-7-17)14-25(22)37-24-9-8-19(29)10-16(24)2/h3-5,8-10,12-15,17,26,35H,6-7,11H2,1-2H3,(H,34,36). The van der Waals surface area contributed by atoms with Gasteiger partial charge in [-0.2, -0.15) is 13.2 Å². The molecule has 2 atom stereocenters. The van der Waals surface area contributed by atoms with Crippen molar-refractivity contribution in [3.63, 3.8) is 0 Å². The maximum Gasteiger partial charge on any atom is 0.416 e. The van der Waals surface area contributed by atoms with Crippen LogP contribution in [0.25, 0.3) is 0 Å². The molecule has 0 saturated heterocycles. The number of benzene rings is 3. The number of aliphatic hydroxyl groups excluding tert-OH is 1. The summed E-state index contributed by atoms with van der Waals surface area (Å²) in [6, 6.07) is 12.2. The number of nitrogens with one attached hydrogen (secondary N) is 1. The third-order valence-electron chi connectivity index (χ3n) is 6.34. The third kappa shape index (κ3) is 6.46. The summed E-state index contributed by atoms with van der Waals surface area (Å²) in [5, 5.41) is 11.6. The van der Waals surface area contributed by atoms with E-state index in [0.717, 1.165) is 12.1 Å². The normalized spacial score (nSPS) is 15.2. The maximum absolute atomic E-state index is 14.0. The van der Waals surface area contributed by atoms with E-state index in [9.17, 15) is 26.7 Å². The Balaban J connectivity index is 1.73. The molecule has 3 aromatic rings. The summed E-state index contributed by atoms with van der Waals surface area (Å²) in [4.78, 5) is 13.3. The highest BCUT2D eigenvalue weighted by atomic mass is 19.4. The molecule has 3 aromatic carbocycles. The SMILES string of the molecule is Cc1cc(F)ccc1Oc1cc(C2CC2)c(C(F)(F)F)cc1C(=O)Nc1cccc(C(C)CC(O)F)c1. The van der Waals surface area contributed by atoms with E-state index in [2.05, 4.69) is 5.32 Å². The lowest BCUT2D eigenvalue weighted by molar-refractivity contribution is -0.138. The van der Waals surface area contributed by atoms with Gasteiger partial charge in [0.1, 0.15) is 17.3 Å². The Morgan fingerprint density at radius 3 is 2.46 bits per heavy atom. The molecule has 0 heterocycles. The molecular formula is C28H26F5NO3. The number of halogens is 5. The number of hydrogen-bond donors (Lipinski definition) is 2. The number of aryl methyl sites for hydroxylation is 1. The molecule has 0 radical (unpaired) electrons. The summed E-state index contributed by atoms with van der Waals surface area (Å²) in [6.45, 7) is 3.29. The number of alkyl halides is 4. The van der Waals surface area contributed by atoms with Crippen molar-refractivity contribution in [3.8, 4) is 11.5 Å². The van der Waals surface area contributed by atoms with Gasteiger partial charge in [0.2, 0.25) is 0 Å². The van der Waals surface area contributed by atoms with Gasteiger partial charge in [-0.05, 0) is 90.8 Å². The van der Waals surface area contributed by atoms with Crippen molar-refractivity contribution in [3.05, 3.63) is 88.2 Å². The smallest absolute Gasteiger partial charge is 0.416 e. The number of amides is 1. The van der Waals surface area contributed by atoms with Crippen molar-refractivity contribution in [2.75, 3.05) is 5.32 Å². The maximum atomic E-state index is 14.0. The van der Waals surface area contributed by atoms with Crippen LogP contribution in [0.2, 0.25) is 0 Å². The fourth-order valence-electron chi connectivity index (χ4n) is 4.23. The predicted octanol–water partition coefficient (Wildman–Crippen LogP) is 7.86. The van der Waals surface area contributed by atoms with Crippen LogP contribution in [0.15, 0.2) is 54.6 Å². The Morgan fingerprint density at radius 2 is 1.84 bits per heavy atom. The van der Waals surface area contributed by atoms with Crippen LogP contribution in [0.3, 0.4) is 0 Å². The van der Waals surface area contributed by atoms with E-state index in [1.165, 1.54) is 18.2 Å². The molecule has 2 unspecified atom stereocenters. The van der Waals surface area contributed by atoms with Gasteiger partial charge in [0, 0.05) is 12.1 Å². The summed E-state index contributed by atoms with van der Waals surface area (Å²) in [6.07, 6.45) is -5.64. The Morgan fingerprint density at radius 1 is 1.11 bits per heavy atom. The minimum atomic E-state index is -4.68. The summed E-state index contributed by atoms with van der Waals surface area (Å²) in [5.74, 6) is -1.85. The van der Waals surface area contributed by atoms with E-state index in [0.29, 0.717) is 24.0 Å². The summed E-state index contributed by atoms with van der Waals surface area (Å²) in [7, 11) is 0. The second kappa shape index (κ2) is 10.5. The number of carbonyl (C=O) groups is 1. The summed E-state index contributed by atoms with van der Waals surface area (Å²) in [5.41, 5.74) is 0.149. The number of anilines is 1. The third-order valence-corrected chi connectivity index (χ3v) is 6.34. The van der Waals surface area contributed by atoms with Crippen molar-refractivity contribution >= 4 is 11.6 Å². The van der Waals surface area contributed by atoms with Gasteiger partial charge >= 0.3 is 6.18 Å². The van der Waals surface area contributed by atoms with E-state index in [1.807, 2.05) is 0 Å². The van der Waals surface area contributed by atoms with Crippen LogP contribution < -0.4 is 10.1 Å². The molecule has 1 aliphatic rings. The van der Waals surface area contributed by atoms with E-state index in [-0.39, 0.29) is 46.6 Å². The van der Waals surface area contributed by atoms with Gasteiger partial charge < -0.3 is 15.2 Å². The summed E-state index contributed by atoms with van der Waals surface area (Å²) < 4.78 is 74.4. The molecule has 0 aliphatic heterocycles.